The van der Waals surface area contributed by atoms with Crippen molar-refractivity contribution in [2.75, 3.05) is 19.6 Å². The largest absolute Gasteiger partial charge is 0.362 e. The normalized spacial score (nSPS) is 11.0. The van der Waals surface area contributed by atoms with Crippen LogP contribution in [0.1, 0.15) is 42.0 Å². The molecule has 0 saturated heterocycles. The highest BCUT2D eigenvalue weighted by atomic mass is 16.1. The van der Waals surface area contributed by atoms with Crippen molar-refractivity contribution >= 4 is 5.78 Å². The highest BCUT2D eigenvalue weighted by Crippen LogP contribution is 2.11. The van der Waals surface area contributed by atoms with E-state index in [-0.39, 0.29) is 5.78 Å². The van der Waals surface area contributed by atoms with Gasteiger partial charge in [0.2, 0.25) is 0 Å². The van der Waals surface area contributed by atoms with E-state index in [4.69, 9.17) is 5.26 Å². The van der Waals surface area contributed by atoms with E-state index in [2.05, 4.69) is 29.8 Å². The lowest BCUT2D eigenvalue weighted by Crippen LogP contribution is -2.34. The summed E-state index contributed by atoms with van der Waals surface area (Å²) in [5.74, 6) is 0.612. The van der Waals surface area contributed by atoms with E-state index in [1.165, 1.54) is 0 Å². The van der Waals surface area contributed by atoms with Crippen molar-refractivity contribution in [3.05, 3.63) is 23.0 Å². The van der Waals surface area contributed by atoms with Gasteiger partial charge in [0.05, 0.1) is 12.6 Å². The van der Waals surface area contributed by atoms with Crippen molar-refractivity contribution in [2.45, 2.75) is 34.1 Å². The number of nitrogens with one attached hydrogen (secondary N) is 1. The molecule has 1 aromatic rings. The second-order valence-electron chi connectivity index (χ2n) is 5.45. The molecule has 0 bridgehead atoms. The average molecular weight is 261 g/mol. The number of rotatable bonds is 7. The fourth-order valence-electron chi connectivity index (χ4n) is 2.26. The van der Waals surface area contributed by atoms with Gasteiger partial charge in [-0.1, -0.05) is 13.8 Å². The molecule has 0 saturated carbocycles. The Morgan fingerprint density at radius 2 is 2.16 bits per heavy atom. The highest BCUT2D eigenvalue weighted by molar-refractivity contribution is 5.98. The number of aryl methyl sites for hydroxylation is 2. The Bertz CT molecular complexity index is 468. The van der Waals surface area contributed by atoms with Crippen LogP contribution in [-0.2, 0) is 0 Å². The van der Waals surface area contributed by atoms with Crippen LogP contribution in [0.5, 0.6) is 0 Å². The molecule has 0 spiro atoms. The number of hydrogen-bond donors (Lipinski definition) is 1. The predicted octanol–water partition coefficient (Wildman–Crippen LogP) is 2.69. The lowest BCUT2D eigenvalue weighted by molar-refractivity contribution is 0.0923. The summed E-state index contributed by atoms with van der Waals surface area (Å²) in [7, 11) is 0. The Balaban J connectivity index is 2.70. The van der Waals surface area contributed by atoms with E-state index in [0.717, 1.165) is 23.5 Å². The summed E-state index contributed by atoms with van der Waals surface area (Å²) in [6.45, 7) is 10.00. The summed E-state index contributed by atoms with van der Waals surface area (Å²) in [4.78, 5) is 17.5. The molecule has 104 valence electrons. The Kier molecular flexibility index (Phi) is 5.78. The fraction of sp³-hybridized carbons (Fsp3) is 0.600. The van der Waals surface area contributed by atoms with E-state index < -0.39 is 0 Å². The van der Waals surface area contributed by atoms with Crippen LogP contribution in [0.2, 0.25) is 0 Å². The van der Waals surface area contributed by atoms with Crippen LogP contribution in [0.4, 0.5) is 0 Å². The maximum absolute atomic E-state index is 12.3. The van der Waals surface area contributed by atoms with Crippen LogP contribution in [0.3, 0.4) is 0 Å². The second-order valence-corrected chi connectivity index (χ2v) is 5.45. The third kappa shape index (κ3) is 4.88. The van der Waals surface area contributed by atoms with Crippen molar-refractivity contribution in [1.29, 1.82) is 5.26 Å². The second kappa shape index (κ2) is 7.10. The number of nitriles is 1. The molecule has 0 unspecified atom stereocenters. The topological polar surface area (TPSA) is 59.9 Å². The molecule has 1 aromatic heterocycles. The van der Waals surface area contributed by atoms with E-state index in [9.17, 15) is 4.79 Å². The minimum atomic E-state index is 0.125. The monoisotopic (exact) mass is 261 g/mol. The molecule has 0 amide bonds. The van der Waals surface area contributed by atoms with Gasteiger partial charge in [-0.3, -0.25) is 9.69 Å². The van der Waals surface area contributed by atoms with Gasteiger partial charge in [-0.2, -0.15) is 5.26 Å². The molecule has 1 heterocycles. The SMILES string of the molecule is Cc1cc(C(=O)CN(CCC#N)CC(C)C)c(C)[nH]1. The predicted molar refractivity (Wildman–Crippen MR) is 76.1 cm³/mol. The van der Waals surface area contributed by atoms with Crippen molar-refractivity contribution in [3.63, 3.8) is 0 Å². The van der Waals surface area contributed by atoms with Gasteiger partial charge in [-0.05, 0) is 25.8 Å². The van der Waals surface area contributed by atoms with Crippen LogP contribution in [-0.4, -0.2) is 35.3 Å². The molecule has 1 rings (SSSR count). The Morgan fingerprint density at radius 3 is 2.63 bits per heavy atom. The van der Waals surface area contributed by atoms with Gasteiger partial charge in [0.1, 0.15) is 0 Å². The number of H-pyrrole nitrogens is 1. The van der Waals surface area contributed by atoms with Crippen LogP contribution < -0.4 is 0 Å². The summed E-state index contributed by atoms with van der Waals surface area (Å²) in [5, 5.41) is 8.68. The van der Waals surface area contributed by atoms with E-state index in [1.54, 1.807) is 0 Å². The van der Waals surface area contributed by atoms with Crippen LogP contribution >= 0.6 is 0 Å². The Labute approximate surface area is 115 Å². The first-order valence-electron chi connectivity index (χ1n) is 6.72. The number of hydrogen-bond acceptors (Lipinski definition) is 3. The average Bonchev–Trinajstić information content (AvgIpc) is 2.64. The molecule has 0 atom stereocenters. The van der Waals surface area contributed by atoms with Gasteiger partial charge in [0, 0.05) is 36.5 Å². The quantitative estimate of drug-likeness (QED) is 0.768. The van der Waals surface area contributed by atoms with E-state index in [1.807, 2.05) is 19.9 Å². The van der Waals surface area contributed by atoms with Crippen molar-refractivity contribution in [2.24, 2.45) is 5.92 Å². The maximum atomic E-state index is 12.3. The highest BCUT2D eigenvalue weighted by Gasteiger charge is 2.16. The minimum absolute atomic E-state index is 0.125. The third-order valence-corrected chi connectivity index (χ3v) is 2.98. The number of carbonyl (C=O) groups excluding carboxylic acids is 1. The molecule has 0 radical (unpaired) electrons. The van der Waals surface area contributed by atoms with Crippen molar-refractivity contribution < 1.29 is 4.79 Å². The summed E-state index contributed by atoms with van der Waals surface area (Å²) in [6.07, 6.45) is 0.463. The maximum Gasteiger partial charge on any atom is 0.178 e. The molecule has 0 aliphatic rings. The van der Waals surface area contributed by atoms with Crippen molar-refractivity contribution in [3.8, 4) is 6.07 Å². The Morgan fingerprint density at radius 1 is 1.47 bits per heavy atom. The molecule has 0 fully saturated rings. The molecular formula is C15H23N3O. The smallest absolute Gasteiger partial charge is 0.178 e. The number of aromatic nitrogens is 1. The zero-order valence-corrected chi connectivity index (χ0v) is 12.3. The van der Waals surface area contributed by atoms with Gasteiger partial charge in [-0.15, -0.1) is 0 Å². The number of carbonyl (C=O) groups is 1. The molecule has 0 aromatic carbocycles. The lowest BCUT2D eigenvalue weighted by atomic mass is 10.1. The fourth-order valence-corrected chi connectivity index (χ4v) is 2.26. The van der Waals surface area contributed by atoms with E-state index in [0.29, 0.717) is 25.4 Å². The molecule has 4 heteroatoms. The zero-order valence-electron chi connectivity index (χ0n) is 12.3. The van der Waals surface area contributed by atoms with Crippen LogP contribution in [0, 0.1) is 31.1 Å². The molecular weight excluding hydrogens is 238 g/mol. The van der Waals surface area contributed by atoms with Gasteiger partial charge >= 0.3 is 0 Å². The number of nitrogens with zero attached hydrogens (tertiary/aromatic N) is 2. The summed E-state index contributed by atoms with van der Waals surface area (Å²) in [5.41, 5.74) is 2.70. The first-order valence-corrected chi connectivity index (χ1v) is 6.72. The molecule has 19 heavy (non-hydrogen) atoms. The minimum Gasteiger partial charge on any atom is -0.362 e. The molecule has 1 N–H and O–H groups in total. The molecule has 4 nitrogen and oxygen atoms in total. The zero-order chi connectivity index (χ0) is 14.4. The van der Waals surface area contributed by atoms with Gasteiger partial charge in [0.25, 0.3) is 0 Å². The Hall–Kier alpha value is -1.60. The third-order valence-electron chi connectivity index (χ3n) is 2.98. The van der Waals surface area contributed by atoms with Crippen molar-refractivity contribution in [1.82, 2.24) is 9.88 Å². The number of Topliss-reactive ketones (excluding diaryl/α,β-unsaturated/α-hetero) is 1. The van der Waals surface area contributed by atoms with Crippen LogP contribution in [0.15, 0.2) is 6.07 Å². The first kappa shape index (κ1) is 15.5. The summed E-state index contributed by atoms with van der Waals surface area (Å²) in [6, 6.07) is 4.04. The van der Waals surface area contributed by atoms with Crippen LogP contribution in [0.25, 0.3) is 0 Å². The molecule has 0 aliphatic carbocycles. The van der Waals surface area contributed by atoms with Gasteiger partial charge in [-0.25, -0.2) is 0 Å². The lowest BCUT2D eigenvalue weighted by Gasteiger charge is -2.22. The molecule has 0 aliphatic heterocycles. The number of aromatic amines is 1. The summed E-state index contributed by atoms with van der Waals surface area (Å²) < 4.78 is 0. The van der Waals surface area contributed by atoms with Gasteiger partial charge < -0.3 is 4.98 Å². The first-order chi connectivity index (χ1) is 8.93. The van der Waals surface area contributed by atoms with E-state index >= 15 is 0 Å². The number of ketones is 1. The standard InChI is InChI=1S/C15H23N3O/c1-11(2)9-18(7-5-6-16)10-15(19)14-8-12(3)17-13(14)4/h8,11,17H,5,7,9-10H2,1-4H3. The summed E-state index contributed by atoms with van der Waals surface area (Å²) >= 11 is 0. The van der Waals surface area contributed by atoms with Gasteiger partial charge in [0.15, 0.2) is 5.78 Å².